The van der Waals surface area contributed by atoms with E-state index in [1.165, 1.54) is 11.1 Å². The number of benzene rings is 2. The van der Waals surface area contributed by atoms with Gasteiger partial charge >= 0.3 is 0 Å². The van der Waals surface area contributed by atoms with Crippen molar-refractivity contribution in [3.8, 4) is 0 Å². The fourth-order valence-electron chi connectivity index (χ4n) is 2.82. The summed E-state index contributed by atoms with van der Waals surface area (Å²) in [6.45, 7) is 6.12. The van der Waals surface area contributed by atoms with Crippen molar-refractivity contribution in [2.45, 2.75) is 33.2 Å². The molecule has 1 aromatic heterocycles. The molecule has 0 saturated carbocycles. The third kappa shape index (κ3) is 3.14. The number of carbonyl (C=O) groups is 1. The second-order valence-electron chi connectivity index (χ2n) is 6.00. The number of aromatic nitrogens is 1. The lowest BCUT2D eigenvalue weighted by Crippen LogP contribution is -2.23. The third-order valence-electron chi connectivity index (χ3n) is 4.30. The van der Waals surface area contributed by atoms with Gasteiger partial charge in [-0.05, 0) is 61.5 Å². The molecule has 1 unspecified atom stereocenters. The van der Waals surface area contributed by atoms with Gasteiger partial charge in [0.25, 0.3) is 0 Å². The number of amides is 1. The Morgan fingerprint density at radius 3 is 2.57 bits per heavy atom. The minimum Gasteiger partial charge on any atom is -0.335 e. The van der Waals surface area contributed by atoms with Gasteiger partial charge in [0.05, 0.1) is 0 Å². The van der Waals surface area contributed by atoms with Gasteiger partial charge in [-0.3, -0.25) is 4.79 Å². The van der Waals surface area contributed by atoms with E-state index in [4.69, 9.17) is 0 Å². The number of nitrogens with one attached hydrogen (secondary N) is 1. The molecule has 0 aliphatic rings. The molecule has 0 bridgehead atoms. The smallest absolute Gasteiger partial charge is 0.247 e. The highest BCUT2D eigenvalue weighted by atomic mass is 16.2. The van der Waals surface area contributed by atoms with Gasteiger partial charge in [-0.15, -0.1) is 0 Å². The maximum Gasteiger partial charge on any atom is 0.247 e. The van der Waals surface area contributed by atoms with Crippen LogP contribution >= 0.6 is 0 Å². The molecule has 1 heterocycles. The molecule has 3 aromatic rings. The molecule has 1 N–H and O–H groups in total. The van der Waals surface area contributed by atoms with E-state index in [2.05, 4.69) is 43.4 Å². The summed E-state index contributed by atoms with van der Waals surface area (Å²) in [5.74, 6) is -0.00711. The molecule has 118 valence electrons. The first kappa shape index (κ1) is 15.3. The first-order valence-corrected chi connectivity index (χ1v) is 8.05. The van der Waals surface area contributed by atoms with Gasteiger partial charge in [-0.2, -0.15) is 0 Å². The SMILES string of the molecule is CCc1ccc(NC(=O)C(C)n2ccc3cc(C)ccc32)cc1. The Morgan fingerprint density at radius 1 is 1.13 bits per heavy atom. The number of hydrogen-bond acceptors (Lipinski definition) is 1. The van der Waals surface area contributed by atoms with Gasteiger partial charge < -0.3 is 9.88 Å². The zero-order valence-electron chi connectivity index (χ0n) is 13.8. The number of rotatable bonds is 4. The Bertz CT molecular complexity index is 830. The first-order valence-electron chi connectivity index (χ1n) is 8.05. The van der Waals surface area contributed by atoms with E-state index in [1.807, 2.05) is 42.0 Å². The topological polar surface area (TPSA) is 34.0 Å². The molecule has 1 atom stereocenters. The maximum atomic E-state index is 12.5. The quantitative estimate of drug-likeness (QED) is 0.744. The van der Waals surface area contributed by atoms with Gasteiger partial charge in [-0.1, -0.05) is 30.7 Å². The van der Waals surface area contributed by atoms with Crippen LogP contribution in [0.4, 0.5) is 5.69 Å². The summed E-state index contributed by atoms with van der Waals surface area (Å²) in [4.78, 5) is 12.5. The molecular weight excluding hydrogens is 284 g/mol. The second kappa shape index (κ2) is 6.29. The monoisotopic (exact) mass is 306 g/mol. The Balaban J connectivity index is 1.80. The van der Waals surface area contributed by atoms with Crippen molar-refractivity contribution in [1.82, 2.24) is 4.57 Å². The number of hydrogen-bond donors (Lipinski definition) is 1. The Kier molecular flexibility index (Phi) is 4.20. The summed E-state index contributed by atoms with van der Waals surface area (Å²) in [6.07, 6.45) is 2.98. The fourth-order valence-corrected chi connectivity index (χ4v) is 2.82. The highest BCUT2D eigenvalue weighted by Gasteiger charge is 2.16. The standard InChI is InChI=1S/C20H22N2O/c1-4-16-6-8-18(9-7-16)21-20(23)15(3)22-12-11-17-13-14(2)5-10-19(17)22/h5-13,15H,4H2,1-3H3,(H,21,23). The number of nitrogens with zero attached hydrogens (tertiary/aromatic N) is 1. The highest BCUT2D eigenvalue weighted by Crippen LogP contribution is 2.22. The van der Waals surface area contributed by atoms with E-state index in [1.54, 1.807) is 0 Å². The summed E-state index contributed by atoms with van der Waals surface area (Å²) < 4.78 is 2.02. The predicted octanol–water partition coefficient (Wildman–Crippen LogP) is 4.71. The van der Waals surface area contributed by atoms with E-state index in [-0.39, 0.29) is 11.9 Å². The van der Waals surface area contributed by atoms with E-state index < -0.39 is 0 Å². The number of carbonyl (C=O) groups excluding carboxylic acids is 1. The van der Waals surface area contributed by atoms with Crippen LogP contribution in [0.25, 0.3) is 10.9 Å². The second-order valence-corrected chi connectivity index (χ2v) is 6.00. The van der Waals surface area contributed by atoms with Crippen LogP contribution in [-0.2, 0) is 11.2 Å². The van der Waals surface area contributed by atoms with Crippen molar-refractivity contribution in [3.63, 3.8) is 0 Å². The van der Waals surface area contributed by atoms with Crippen LogP contribution in [0.5, 0.6) is 0 Å². The lowest BCUT2D eigenvalue weighted by Gasteiger charge is -2.15. The number of aryl methyl sites for hydroxylation is 2. The zero-order valence-corrected chi connectivity index (χ0v) is 13.8. The summed E-state index contributed by atoms with van der Waals surface area (Å²) >= 11 is 0. The summed E-state index contributed by atoms with van der Waals surface area (Å²) in [5.41, 5.74) is 4.41. The molecule has 23 heavy (non-hydrogen) atoms. The minimum absolute atomic E-state index is 0.00711. The Morgan fingerprint density at radius 2 is 1.87 bits per heavy atom. The summed E-state index contributed by atoms with van der Waals surface area (Å²) in [7, 11) is 0. The molecule has 0 aliphatic carbocycles. The zero-order chi connectivity index (χ0) is 16.4. The predicted molar refractivity (Wildman–Crippen MR) is 95.8 cm³/mol. The van der Waals surface area contributed by atoms with Crippen LogP contribution in [0.1, 0.15) is 31.0 Å². The third-order valence-corrected chi connectivity index (χ3v) is 4.30. The maximum absolute atomic E-state index is 12.5. The molecule has 0 fully saturated rings. The highest BCUT2D eigenvalue weighted by molar-refractivity contribution is 5.95. The van der Waals surface area contributed by atoms with Crippen LogP contribution in [0.2, 0.25) is 0 Å². The van der Waals surface area contributed by atoms with Gasteiger partial charge in [0.1, 0.15) is 6.04 Å². The average molecular weight is 306 g/mol. The Labute approximate surface area is 136 Å². The van der Waals surface area contributed by atoms with Crippen LogP contribution in [0.3, 0.4) is 0 Å². The van der Waals surface area contributed by atoms with Crippen molar-refractivity contribution in [2.24, 2.45) is 0 Å². The molecule has 0 spiro atoms. The molecule has 0 saturated heterocycles. The fraction of sp³-hybridized carbons (Fsp3) is 0.250. The van der Waals surface area contributed by atoms with Crippen LogP contribution in [0.15, 0.2) is 54.7 Å². The van der Waals surface area contributed by atoms with Crippen molar-refractivity contribution in [1.29, 1.82) is 0 Å². The average Bonchev–Trinajstić information content (AvgIpc) is 2.97. The summed E-state index contributed by atoms with van der Waals surface area (Å²) in [5, 5.41) is 4.16. The van der Waals surface area contributed by atoms with E-state index >= 15 is 0 Å². The lowest BCUT2D eigenvalue weighted by atomic mass is 10.1. The van der Waals surface area contributed by atoms with Crippen LogP contribution in [-0.4, -0.2) is 10.5 Å². The van der Waals surface area contributed by atoms with Crippen molar-refractivity contribution in [2.75, 3.05) is 5.32 Å². The van der Waals surface area contributed by atoms with Gasteiger partial charge in [-0.25, -0.2) is 0 Å². The molecule has 3 heteroatoms. The lowest BCUT2D eigenvalue weighted by molar-refractivity contribution is -0.118. The van der Waals surface area contributed by atoms with Crippen LogP contribution < -0.4 is 5.32 Å². The van der Waals surface area contributed by atoms with Gasteiger partial charge in [0.15, 0.2) is 0 Å². The summed E-state index contributed by atoms with van der Waals surface area (Å²) in [6, 6.07) is 16.1. The Hall–Kier alpha value is -2.55. The molecule has 0 radical (unpaired) electrons. The normalized spacial score (nSPS) is 12.3. The van der Waals surface area contributed by atoms with E-state index in [9.17, 15) is 4.79 Å². The van der Waals surface area contributed by atoms with E-state index in [0.29, 0.717) is 0 Å². The molecule has 2 aromatic carbocycles. The first-order chi connectivity index (χ1) is 11.1. The number of fused-ring (bicyclic) bond motifs is 1. The molecule has 1 amide bonds. The molecule has 3 nitrogen and oxygen atoms in total. The van der Waals surface area contributed by atoms with Gasteiger partial charge in [0, 0.05) is 17.4 Å². The van der Waals surface area contributed by atoms with Crippen LogP contribution in [0, 0.1) is 6.92 Å². The molecule has 3 rings (SSSR count). The molecule has 0 aliphatic heterocycles. The minimum atomic E-state index is -0.263. The molecular formula is C20H22N2O. The van der Waals surface area contributed by atoms with Gasteiger partial charge in [0.2, 0.25) is 5.91 Å². The number of anilines is 1. The van der Waals surface area contributed by atoms with Crippen molar-refractivity contribution in [3.05, 3.63) is 65.9 Å². The van der Waals surface area contributed by atoms with E-state index in [0.717, 1.165) is 23.0 Å². The van der Waals surface area contributed by atoms with Crippen molar-refractivity contribution < 1.29 is 4.79 Å². The van der Waals surface area contributed by atoms with Crippen molar-refractivity contribution >= 4 is 22.5 Å². The largest absolute Gasteiger partial charge is 0.335 e.